The van der Waals surface area contributed by atoms with Crippen LogP contribution in [0.1, 0.15) is 96.1 Å². The number of fused-ring (bicyclic) bond motifs is 13. The molecule has 0 radical (unpaired) electrons. The summed E-state index contributed by atoms with van der Waals surface area (Å²) < 4.78 is 37.9. The second-order valence-corrected chi connectivity index (χ2v) is 17.1. The normalized spacial score (nSPS) is 20.0. The summed E-state index contributed by atoms with van der Waals surface area (Å²) in [6.45, 7) is 10.8. The molecule has 2 aliphatic heterocycles. The number of nitrogens with zero attached hydrogens (tertiary/aromatic N) is 3. The molecule has 49 heavy (non-hydrogen) atoms. The van der Waals surface area contributed by atoms with Crippen molar-refractivity contribution in [3.8, 4) is 17.0 Å². The minimum atomic E-state index is -3.82. The maximum Gasteiger partial charge on any atom is 0.410 e. The number of aromatic nitrogens is 2. The van der Waals surface area contributed by atoms with E-state index in [0.717, 1.165) is 12.8 Å². The quantitative estimate of drug-likeness (QED) is 0.273. The predicted molar refractivity (Wildman–Crippen MR) is 189 cm³/mol. The van der Waals surface area contributed by atoms with Crippen molar-refractivity contribution < 1.29 is 32.6 Å². The van der Waals surface area contributed by atoms with Crippen molar-refractivity contribution >= 4 is 33.3 Å². The van der Waals surface area contributed by atoms with Gasteiger partial charge in [-0.1, -0.05) is 43.5 Å². The summed E-state index contributed by atoms with van der Waals surface area (Å²) in [5, 5.41) is 14.1. The van der Waals surface area contributed by atoms with Crippen LogP contribution in [0.5, 0.6) is 5.75 Å². The van der Waals surface area contributed by atoms with Gasteiger partial charge in [-0.15, -0.1) is 0 Å². The van der Waals surface area contributed by atoms with Gasteiger partial charge in [-0.25, -0.2) is 23.2 Å². The standard InChI is InChI=1S/C36H49N5O7S/c1-34(2,3)48-33(43)41(7)22-25-13-12-14-27-30(25)47-20-11-9-8-10-19-36(6,44)23-35(4,5)49(45,46)26-17-15-24(16-18-26)28-21-38-31(37)29(39-28)32(42)40-27/h12-18,21,44H,8-11,19-20,22-23H2,1-7H3,(H2,37,38)(H,40,42)/t36-/m1/s1. The van der Waals surface area contributed by atoms with Crippen LogP contribution in [0.3, 0.4) is 0 Å². The Balaban J connectivity index is 1.71. The number of carbonyl (C=O) groups is 2. The third-order valence-corrected chi connectivity index (χ3v) is 10.8. The van der Waals surface area contributed by atoms with Gasteiger partial charge in [0.05, 0.1) is 46.0 Å². The van der Waals surface area contributed by atoms with Crippen LogP contribution < -0.4 is 15.8 Å². The first kappa shape index (κ1) is 37.6. The molecule has 266 valence electrons. The first-order chi connectivity index (χ1) is 22.8. The maximum absolute atomic E-state index is 13.7. The number of para-hydroxylation sites is 1. The summed E-state index contributed by atoms with van der Waals surface area (Å²) in [6, 6.07) is 11.5. The van der Waals surface area contributed by atoms with E-state index in [2.05, 4.69) is 15.3 Å². The molecule has 0 aliphatic carbocycles. The van der Waals surface area contributed by atoms with Crippen LogP contribution in [0, 0.1) is 0 Å². The van der Waals surface area contributed by atoms with Crippen LogP contribution in [0.2, 0.25) is 0 Å². The second kappa shape index (κ2) is 14.7. The van der Waals surface area contributed by atoms with Crippen molar-refractivity contribution in [1.82, 2.24) is 14.9 Å². The smallest absolute Gasteiger partial charge is 0.410 e. The van der Waals surface area contributed by atoms with E-state index in [0.29, 0.717) is 54.1 Å². The molecule has 13 heteroatoms. The minimum absolute atomic E-state index is 0.0619. The van der Waals surface area contributed by atoms with E-state index in [1.807, 2.05) is 6.07 Å². The average molecular weight is 696 g/mol. The van der Waals surface area contributed by atoms with E-state index >= 15 is 0 Å². The maximum atomic E-state index is 13.7. The van der Waals surface area contributed by atoms with E-state index in [1.54, 1.807) is 72.9 Å². The molecule has 0 spiro atoms. The number of carbonyl (C=O) groups excluding carboxylic acids is 2. The number of hydrogen-bond donors (Lipinski definition) is 3. The Morgan fingerprint density at radius 1 is 1.08 bits per heavy atom. The van der Waals surface area contributed by atoms with Gasteiger partial charge >= 0.3 is 6.09 Å². The number of sulfone groups is 1. The summed E-state index contributed by atoms with van der Waals surface area (Å²) in [5.74, 6) is -0.311. The molecule has 4 bridgehead atoms. The molecule has 3 heterocycles. The van der Waals surface area contributed by atoms with Gasteiger partial charge in [0.1, 0.15) is 11.4 Å². The molecule has 2 aliphatic rings. The SMILES string of the molecule is CN(Cc1cccc2c1OCCCCCC[C@@](C)(O)CC(C)(C)S(=O)(=O)c1ccc(cc1)-c1cnc(N)c(n1)C(=O)N2)C(=O)OC(C)(C)C. The largest absolute Gasteiger partial charge is 0.491 e. The molecular formula is C36H49N5O7S. The lowest BCUT2D eigenvalue weighted by molar-refractivity contribution is 0.0282. The molecule has 0 saturated carbocycles. The molecule has 1 aromatic heterocycles. The number of amides is 2. The van der Waals surface area contributed by atoms with Crippen molar-refractivity contribution in [1.29, 1.82) is 0 Å². The number of benzene rings is 2. The molecule has 0 unspecified atom stereocenters. The Bertz CT molecular complexity index is 1770. The molecule has 4 N–H and O–H groups in total. The molecule has 0 saturated heterocycles. The number of rotatable bonds is 2. The van der Waals surface area contributed by atoms with Crippen molar-refractivity contribution in [2.75, 3.05) is 24.7 Å². The van der Waals surface area contributed by atoms with Crippen molar-refractivity contribution in [3.05, 3.63) is 59.9 Å². The fraction of sp³-hybridized carbons (Fsp3) is 0.500. The molecule has 5 rings (SSSR count). The van der Waals surface area contributed by atoms with Crippen molar-refractivity contribution in [2.24, 2.45) is 0 Å². The molecule has 0 fully saturated rings. The Morgan fingerprint density at radius 3 is 2.43 bits per heavy atom. The van der Waals surface area contributed by atoms with E-state index in [-0.39, 0.29) is 29.4 Å². The second-order valence-electron chi connectivity index (χ2n) is 14.5. The summed E-state index contributed by atoms with van der Waals surface area (Å²) in [5.41, 5.74) is 6.00. The molecule has 1 atom stereocenters. The lowest BCUT2D eigenvalue weighted by Gasteiger charge is -2.33. The first-order valence-electron chi connectivity index (χ1n) is 16.5. The number of nitrogens with two attached hydrogens (primary N) is 1. The lowest BCUT2D eigenvalue weighted by atomic mass is 9.88. The summed E-state index contributed by atoms with van der Waals surface area (Å²) in [6.07, 6.45) is 4.40. The Hall–Kier alpha value is -4.23. The lowest BCUT2D eigenvalue weighted by Crippen LogP contribution is -2.41. The molecule has 3 aromatic rings. The van der Waals surface area contributed by atoms with E-state index in [9.17, 15) is 23.1 Å². The van der Waals surface area contributed by atoms with Gasteiger partial charge in [-0.05, 0) is 79.0 Å². The Kier molecular flexibility index (Phi) is 11.3. The average Bonchev–Trinajstić information content (AvgIpc) is 3.00. The molecule has 2 amide bonds. The van der Waals surface area contributed by atoms with Gasteiger partial charge in [0.15, 0.2) is 21.3 Å². The van der Waals surface area contributed by atoms with Gasteiger partial charge in [0.25, 0.3) is 5.91 Å². The third kappa shape index (κ3) is 9.48. The van der Waals surface area contributed by atoms with E-state index < -0.39 is 37.8 Å². The zero-order chi connectivity index (χ0) is 36.2. The van der Waals surface area contributed by atoms with Gasteiger partial charge in [0, 0.05) is 18.2 Å². The zero-order valence-electron chi connectivity index (χ0n) is 29.5. The number of nitrogen functional groups attached to an aromatic ring is 1. The number of anilines is 2. The highest BCUT2D eigenvalue weighted by molar-refractivity contribution is 7.92. The monoisotopic (exact) mass is 695 g/mol. The van der Waals surface area contributed by atoms with Crippen LogP contribution in [0.25, 0.3) is 11.3 Å². The minimum Gasteiger partial charge on any atom is -0.491 e. The summed E-state index contributed by atoms with van der Waals surface area (Å²) in [7, 11) is -2.19. The van der Waals surface area contributed by atoms with Crippen LogP contribution >= 0.6 is 0 Å². The highest BCUT2D eigenvalue weighted by Crippen LogP contribution is 2.36. The third-order valence-electron chi connectivity index (χ3n) is 8.32. The van der Waals surface area contributed by atoms with E-state index in [1.165, 1.54) is 23.2 Å². The van der Waals surface area contributed by atoms with Crippen molar-refractivity contribution in [3.63, 3.8) is 0 Å². The van der Waals surface area contributed by atoms with Gasteiger partial charge in [0.2, 0.25) is 0 Å². The van der Waals surface area contributed by atoms with Crippen molar-refractivity contribution in [2.45, 2.75) is 107 Å². The summed E-state index contributed by atoms with van der Waals surface area (Å²) in [4.78, 5) is 36.6. The van der Waals surface area contributed by atoms with Crippen LogP contribution in [0.4, 0.5) is 16.3 Å². The highest BCUT2D eigenvalue weighted by Gasteiger charge is 2.41. The number of hydrogen-bond acceptors (Lipinski definition) is 10. The highest BCUT2D eigenvalue weighted by atomic mass is 32.2. The summed E-state index contributed by atoms with van der Waals surface area (Å²) >= 11 is 0. The Morgan fingerprint density at radius 2 is 1.76 bits per heavy atom. The number of ether oxygens (including phenoxy) is 2. The topological polar surface area (TPSA) is 174 Å². The molecular weight excluding hydrogens is 646 g/mol. The fourth-order valence-corrected chi connectivity index (χ4v) is 7.52. The number of nitrogens with one attached hydrogen (secondary N) is 1. The Labute approximate surface area is 289 Å². The zero-order valence-corrected chi connectivity index (χ0v) is 30.3. The predicted octanol–water partition coefficient (Wildman–Crippen LogP) is 6.38. The fourth-order valence-electron chi connectivity index (χ4n) is 5.88. The van der Waals surface area contributed by atoms with Gasteiger partial charge in [-0.3, -0.25) is 4.79 Å². The van der Waals surface area contributed by atoms with Crippen LogP contribution in [-0.2, 0) is 21.1 Å². The van der Waals surface area contributed by atoms with Gasteiger partial charge in [-0.2, -0.15) is 0 Å². The van der Waals surface area contributed by atoms with Crippen LogP contribution in [0.15, 0.2) is 53.6 Å². The molecule has 12 nitrogen and oxygen atoms in total. The van der Waals surface area contributed by atoms with Crippen LogP contribution in [-0.4, -0.2) is 70.0 Å². The van der Waals surface area contributed by atoms with E-state index in [4.69, 9.17) is 15.2 Å². The molecule has 2 aromatic carbocycles. The first-order valence-corrected chi connectivity index (χ1v) is 18.0. The number of aliphatic hydroxyl groups is 1. The van der Waals surface area contributed by atoms with Gasteiger partial charge < -0.3 is 30.5 Å².